The summed E-state index contributed by atoms with van der Waals surface area (Å²) in [7, 11) is 0. The second kappa shape index (κ2) is 5.10. The number of nitrogens with zero attached hydrogens (tertiary/aromatic N) is 1. The molecular weight excluding hydrogens is 250 g/mol. The van der Waals surface area contributed by atoms with Crippen molar-refractivity contribution in [1.29, 1.82) is 0 Å². The maximum absolute atomic E-state index is 12.4. The minimum atomic E-state index is -0.804. The van der Waals surface area contributed by atoms with Crippen LogP contribution in [0, 0.1) is 12.8 Å². The molecule has 5 heteroatoms. The van der Waals surface area contributed by atoms with E-state index in [4.69, 9.17) is 5.11 Å². The zero-order valence-electron chi connectivity index (χ0n) is 10.5. The van der Waals surface area contributed by atoms with E-state index in [1.165, 1.54) is 11.3 Å². The Bertz CT molecular complexity index is 469. The van der Waals surface area contributed by atoms with Crippen molar-refractivity contribution in [3.05, 3.63) is 21.9 Å². The lowest BCUT2D eigenvalue weighted by Crippen LogP contribution is -2.49. The van der Waals surface area contributed by atoms with Gasteiger partial charge in [0.25, 0.3) is 5.91 Å². The standard InChI is InChI=1S/C13H17NO3S/c1-8-6-18-7-11(8)12(15)14-5-3-4-10(9(14)2)13(16)17/h6-7,9-10H,3-5H2,1-2H3,(H,16,17)/t9-,10-/m1/s1. The predicted octanol–water partition coefficient (Wildman–Crippen LogP) is 2.38. The highest BCUT2D eigenvalue weighted by molar-refractivity contribution is 7.08. The van der Waals surface area contributed by atoms with Crippen LogP contribution in [-0.4, -0.2) is 34.5 Å². The van der Waals surface area contributed by atoms with Crippen LogP contribution in [0.2, 0.25) is 0 Å². The highest BCUT2D eigenvalue weighted by Gasteiger charge is 2.35. The number of carboxylic acids is 1. The third-order valence-corrected chi connectivity index (χ3v) is 4.51. The van der Waals surface area contributed by atoms with Crippen molar-refractivity contribution in [3.63, 3.8) is 0 Å². The van der Waals surface area contributed by atoms with Crippen LogP contribution in [0.15, 0.2) is 10.8 Å². The number of likely N-dealkylation sites (tertiary alicyclic amines) is 1. The van der Waals surface area contributed by atoms with Crippen LogP contribution in [0.5, 0.6) is 0 Å². The first-order valence-corrected chi connectivity index (χ1v) is 7.03. The number of rotatable bonds is 2. The number of hydrogen-bond donors (Lipinski definition) is 1. The van der Waals surface area contributed by atoms with Crippen LogP contribution in [0.1, 0.15) is 35.7 Å². The Morgan fingerprint density at radius 1 is 1.44 bits per heavy atom. The topological polar surface area (TPSA) is 57.6 Å². The van der Waals surface area contributed by atoms with Gasteiger partial charge in [0, 0.05) is 18.0 Å². The van der Waals surface area contributed by atoms with Gasteiger partial charge < -0.3 is 10.0 Å². The van der Waals surface area contributed by atoms with Gasteiger partial charge in [0.15, 0.2) is 0 Å². The van der Waals surface area contributed by atoms with Gasteiger partial charge in [-0.1, -0.05) is 0 Å². The van der Waals surface area contributed by atoms with E-state index in [1.807, 2.05) is 24.6 Å². The van der Waals surface area contributed by atoms with Crippen molar-refractivity contribution in [2.45, 2.75) is 32.7 Å². The van der Waals surface area contributed by atoms with Crippen molar-refractivity contribution in [1.82, 2.24) is 4.90 Å². The summed E-state index contributed by atoms with van der Waals surface area (Å²) >= 11 is 1.50. The number of amides is 1. The molecule has 1 aromatic rings. The fraction of sp³-hybridized carbons (Fsp3) is 0.538. The quantitative estimate of drug-likeness (QED) is 0.895. The molecule has 0 saturated carbocycles. The van der Waals surface area contributed by atoms with Crippen LogP contribution >= 0.6 is 11.3 Å². The number of hydrogen-bond acceptors (Lipinski definition) is 3. The summed E-state index contributed by atoms with van der Waals surface area (Å²) in [5.74, 6) is -1.28. The number of carbonyl (C=O) groups is 2. The van der Waals surface area contributed by atoms with Gasteiger partial charge >= 0.3 is 5.97 Å². The first-order chi connectivity index (χ1) is 8.52. The Morgan fingerprint density at radius 2 is 2.17 bits per heavy atom. The fourth-order valence-corrected chi connectivity index (χ4v) is 3.32. The molecule has 0 spiro atoms. The number of thiophene rings is 1. The van der Waals surface area contributed by atoms with Crippen LogP contribution in [0.3, 0.4) is 0 Å². The number of aliphatic carboxylic acids is 1. The van der Waals surface area contributed by atoms with E-state index in [1.54, 1.807) is 4.90 Å². The van der Waals surface area contributed by atoms with Crippen LogP contribution in [-0.2, 0) is 4.79 Å². The molecular formula is C13H17NO3S. The summed E-state index contributed by atoms with van der Waals surface area (Å²) in [4.78, 5) is 25.3. The molecule has 1 aromatic heterocycles. The van der Waals surface area contributed by atoms with Crippen LogP contribution in [0.25, 0.3) is 0 Å². The molecule has 0 unspecified atom stereocenters. The maximum Gasteiger partial charge on any atom is 0.308 e. The van der Waals surface area contributed by atoms with Gasteiger partial charge in [-0.05, 0) is 37.6 Å². The molecule has 0 radical (unpaired) electrons. The van der Waals surface area contributed by atoms with E-state index in [9.17, 15) is 9.59 Å². The summed E-state index contributed by atoms with van der Waals surface area (Å²) in [6, 6.07) is -0.233. The van der Waals surface area contributed by atoms with Crippen molar-refractivity contribution < 1.29 is 14.7 Å². The Balaban J connectivity index is 2.20. The van der Waals surface area contributed by atoms with Crippen LogP contribution in [0.4, 0.5) is 0 Å². The number of aryl methyl sites for hydroxylation is 1. The smallest absolute Gasteiger partial charge is 0.308 e. The van der Waals surface area contributed by atoms with E-state index in [0.717, 1.165) is 12.0 Å². The van der Waals surface area contributed by atoms with Gasteiger partial charge in [0.2, 0.25) is 0 Å². The minimum absolute atomic E-state index is 0.0350. The summed E-state index contributed by atoms with van der Waals surface area (Å²) in [5, 5.41) is 12.9. The summed E-state index contributed by atoms with van der Waals surface area (Å²) in [6.07, 6.45) is 1.42. The SMILES string of the molecule is Cc1cscc1C(=O)N1CCC[C@@H](C(=O)O)[C@H]1C. The Morgan fingerprint density at radius 3 is 2.72 bits per heavy atom. The summed E-state index contributed by atoms with van der Waals surface area (Å²) in [6.45, 7) is 4.39. The average molecular weight is 267 g/mol. The van der Waals surface area contributed by atoms with Crippen molar-refractivity contribution >= 4 is 23.2 Å². The lowest BCUT2D eigenvalue weighted by Gasteiger charge is -2.37. The molecule has 1 aliphatic rings. The molecule has 4 nitrogen and oxygen atoms in total. The lowest BCUT2D eigenvalue weighted by molar-refractivity contribution is -0.144. The number of piperidine rings is 1. The fourth-order valence-electron chi connectivity index (χ4n) is 2.49. The average Bonchev–Trinajstić information content (AvgIpc) is 2.74. The highest BCUT2D eigenvalue weighted by Crippen LogP contribution is 2.26. The molecule has 0 aliphatic carbocycles. The molecule has 1 N–H and O–H groups in total. The van der Waals surface area contributed by atoms with Gasteiger partial charge in [-0.25, -0.2) is 0 Å². The van der Waals surface area contributed by atoms with Crippen molar-refractivity contribution in [2.24, 2.45) is 5.92 Å². The Labute approximate surface area is 110 Å². The molecule has 2 atom stereocenters. The molecule has 2 heterocycles. The molecule has 1 fully saturated rings. The predicted molar refractivity (Wildman–Crippen MR) is 69.9 cm³/mol. The largest absolute Gasteiger partial charge is 0.481 e. The second-order valence-electron chi connectivity index (χ2n) is 4.79. The minimum Gasteiger partial charge on any atom is -0.481 e. The van der Waals surface area contributed by atoms with Crippen LogP contribution < -0.4 is 0 Å². The molecule has 1 amide bonds. The number of carboxylic acid groups (broad SMARTS) is 1. The van der Waals surface area contributed by atoms with Gasteiger partial charge in [0.05, 0.1) is 11.5 Å². The third kappa shape index (κ3) is 2.27. The lowest BCUT2D eigenvalue weighted by atomic mass is 9.90. The summed E-state index contributed by atoms with van der Waals surface area (Å²) < 4.78 is 0. The molecule has 0 aromatic carbocycles. The second-order valence-corrected chi connectivity index (χ2v) is 5.54. The van der Waals surface area contributed by atoms with Gasteiger partial charge in [-0.2, -0.15) is 11.3 Å². The zero-order chi connectivity index (χ0) is 13.3. The van der Waals surface area contributed by atoms with Crippen molar-refractivity contribution in [3.8, 4) is 0 Å². The van der Waals surface area contributed by atoms with E-state index < -0.39 is 11.9 Å². The maximum atomic E-state index is 12.4. The first-order valence-electron chi connectivity index (χ1n) is 6.09. The third-order valence-electron chi connectivity index (χ3n) is 3.65. The number of carbonyl (C=O) groups excluding carboxylic acids is 1. The normalized spacial score (nSPS) is 24.0. The summed E-state index contributed by atoms with van der Waals surface area (Å²) in [5.41, 5.74) is 1.67. The van der Waals surface area contributed by atoms with Crippen molar-refractivity contribution in [2.75, 3.05) is 6.54 Å². The molecule has 98 valence electrons. The zero-order valence-corrected chi connectivity index (χ0v) is 11.4. The van der Waals surface area contributed by atoms with E-state index in [2.05, 4.69) is 0 Å². The van der Waals surface area contributed by atoms with Gasteiger partial charge in [0.1, 0.15) is 0 Å². The van der Waals surface area contributed by atoms with E-state index in [-0.39, 0.29) is 11.9 Å². The monoisotopic (exact) mass is 267 g/mol. The Hall–Kier alpha value is -1.36. The van der Waals surface area contributed by atoms with Gasteiger partial charge in [-0.15, -0.1) is 0 Å². The molecule has 2 rings (SSSR count). The van der Waals surface area contributed by atoms with E-state index in [0.29, 0.717) is 18.5 Å². The molecule has 18 heavy (non-hydrogen) atoms. The van der Waals surface area contributed by atoms with Gasteiger partial charge in [-0.3, -0.25) is 9.59 Å². The molecule has 1 aliphatic heterocycles. The highest BCUT2D eigenvalue weighted by atomic mass is 32.1. The Kier molecular flexibility index (Phi) is 3.71. The molecule has 1 saturated heterocycles. The van der Waals surface area contributed by atoms with E-state index >= 15 is 0 Å². The molecule has 0 bridgehead atoms. The first kappa shape index (κ1) is 13.1.